The van der Waals surface area contributed by atoms with Gasteiger partial charge in [-0.2, -0.15) is 0 Å². The van der Waals surface area contributed by atoms with E-state index < -0.39 is 0 Å². The van der Waals surface area contributed by atoms with Gasteiger partial charge in [0.25, 0.3) is 0 Å². The van der Waals surface area contributed by atoms with Gasteiger partial charge in [0.1, 0.15) is 29.4 Å². The summed E-state index contributed by atoms with van der Waals surface area (Å²) in [5.41, 5.74) is 4.29. The standard InChI is InChI=1S/C21H23NO4/c1-12-13(2)20-17(10-21(4,5)26-20)18(19(12)22-24)11-25-16-8-6-15(7-9-16)14(3)23/h6-9H,10-11H2,1-5H3. The van der Waals surface area contributed by atoms with Crippen LogP contribution in [0.25, 0.3) is 0 Å². The predicted molar refractivity (Wildman–Crippen MR) is 101 cm³/mol. The number of benzene rings is 2. The number of carbonyl (C=O) groups is 1. The van der Waals surface area contributed by atoms with Crippen LogP contribution in [-0.2, 0) is 13.0 Å². The number of hydrogen-bond acceptors (Lipinski definition) is 5. The van der Waals surface area contributed by atoms with Crippen LogP contribution in [0.5, 0.6) is 11.5 Å². The van der Waals surface area contributed by atoms with E-state index in [9.17, 15) is 9.70 Å². The number of hydrogen-bond donors (Lipinski definition) is 0. The molecule has 0 fully saturated rings. The number of rotatable bonds is 5. The first-order chi connectivity index (χ1) is 12.2. The Morgan fingerprint density at radius 1 is 1.19 bits per heavy atom. The zero-order valence-electron chi connectivity index (χ0n) is 15.8. The predicted octanol–water partition coefficient (Wildman–Crippen LogP) is 5.20. The third-order valence-electron chi connectivity index (χ3n) is 4.90. The molecule has 2 aromatic carbocycles. The van der Waals surface area contributed by atoms with Crippen molar-refractivity contribution in [3.8, 4) is 11.5 Å². The van der Waals surface area contributed by atoms with Gasteiger partial charge in [-0.15, -0.1) is 4.91 Å². The van der Waals surface area contributed by atoms with Gasteiger partial charge in [0, 0.05) is 23.1 Å². The van der Waals surface area contributed by atoms with Gasteiger partial charge in [-0.05, 0) is 75.2 Å². The number of carbonyl (C=O) groups excluding carboxylic acids is 1. The van der Waals surface area contributed by atoms with Crippen LogP contribution in [0.4, 0.5) is 5.69 Å². The van der Waals surface area contributed by atoms with Crippen LogP contribution in [0.3, 0.4) is 0 Å². The molecule has 1 aliphatic heterocycles. The zero-order chi connectivity index (χ0) is 19.1. The van der Waals surface area contributed by atoms with Crippen LogP contribution in [0.2, 0.25) is 0 Å². The molecule has 5 nitrogen and oxygen atoms in total. The summed E-state index contributed by atoms with van der Waals surface area (Å²) in [7, 11) is 0. The van der Waals surface area contributed by atoms with Crippen LogP contribution < -0.4 is 9.47 Å². The number of Topliss-reactive ketones (excluding diaryl/α,β-unsaturated/α-hetero) is 1. The molecule has 0 amide bonds. The summed E-state index contributed by atoms with van der Waals surface area (Å²) in [6.07, 6.45) is 0.702. The topological polar surface area (TPSA) is 65.0 Å². The minimum Gasteiger partial charge on any atom is -0.489 e. The van der Waals surface area contributed by atoms with Crippen molar-refractivity contribution in [1.29, 1.82) is 0 Å². The van der Waals surface area contributed by atoms with Gasteiger partial charge in [-0.1, -0.05) is 0 Å². The van der Waals surface area contributed by atoms with Crippen molar-refractivity contribution in [3.63, 3.8) is 0 Å². The van der Waals surface area contributed by atoms with E-state index >= 15 is 0 Å². The van der Waals surface area contributed by atoms with Crippen molar-refractivity contribution >= 4 is 11.5 Å². The number of ketones is 1. The van der Waals surface area contributed by atoms with E-state index in [2.05, 4.69) is 5.18 Å². The average Bonchev–Trinajstić information content (AvgIpc) is 2.92. The van der Waals surface area contributed by atoms with Crippen LogP contribution >= 0.6 is 0 Å². The van der Waals surface area contributed by atoms with Crippen molar-refractivity contribution < 1.29 is 14.3 Å². The van der Waals surface area contributed by atoms with E-state index in [0.29, 0.717) is 23.4 Å². The molecule has 0 bridgehead atoms. The molecule has 1 heterocycles. The molecular weight excluding hydrogens is 330 g/mol. The molecule has 0 atom stereocenters. The van der Waals surface area contributed by atoms with Crippen molar-refractivity contribution in [2.45, 2.75) is 53.2 Å². The van der Waals surface area contributed by atoms with E-state index in [4.69, 9.17) is 9.47 Å². The van der Waals surface area contributed by atoms with Crippen molar-refractivity contribution in [3.05, 3.63) is 57.0 Å². The highest BCUT2D eigenvalue weighted by Crippen LogP contribution is 2.45. The lowest BCUT2D eigenvalue weighted by Crippen LogP contribution is -2.25. The van der Waals surface area contributed by atoms with Gasteiger partial charge in [0.15, 0.2) is 5.78 Å². The summed E-state index contributed by atoms with van der Waals surface area (Å²) < 4.78 is 12.0. The lowest BCUT2D eigenvalue weighted by molar-refractivity contribution is 0.101. The van der Waals surface area contributed by atoms with Gasteiger partial charge in [0.05, 0.1) is 0 Å². The highest BCUT2D eigenvalue weighted by Gasteiger charge is 2.35. The van der Waals surface area contributed by atoms with Gasteiger partial charge >= 0.3 is 0 Å². The molecule has 0 saturated heterocycles. The Hall–Kier alpha value is -2.69. The normalized spacial score (nSPS) is 14.5. The summed E-state index contributed by atoms with van der Waals surface area (Å²) in [6.45, 7) is 9.64. The molecule has 0 N–H and O–H groups in total. The summed E-state index contributed by atoms with van der Waals surface area (Å²) in [6, 6.07) is 6.97. The third kappa shape index (κ3) is 3.21. The lowest BCUT2D eigenvalue weighted by Gasteiger charge is -2.18. The van der Waals surface area contributed by atoms with Crippen molar-refractivity contribution in [2.75, 3.05) is 0 Å². The van der Waals surface area contributed by atoms with Gasteiger partial charge in [0.2, 0.25) is 0 Å². The molecular formula is C21H23NO4. The van der Waals surface area contributed by atoms with E-state index in [1.165, 1.54) is 6.92 Å². The Balaban J connectivity index is 1.95. The molecule has 0 radical (unpaired) electrons. The molecule has 3 rings (SSSR count). The Morgan fingerprint density at radius 2 is 1.85 bits per heavy atom. The second kappa shape index (κ2) is 6.56. The van der Waals surface area contributed by atoms with Crippen LogP contribution in [0.15, 0.2) is 29.4 Å². The second-order valence-electron chi connectivity index (χ2n) is 7.38. The fraction of sp³-hybridized carbons (Fsp3) is 0.381. The average molecular weight is 353 g/mol. The number of nitroso groups, excluding NO2 is 1. The summed E-state index contributed by atoms with van der Waals surface area (Å²) in [4.78, 5) is 22.9. The van der Waals surface area contributed by atoms with Crippen molar-refractivity contribution in [1.82, 2.24) is 0 Å². The van der Waals surface area contributed by atoms with Gasteiger partial charge < -0.3 is 9.47 Å². The Kier molecular flexibility index (Phi) is 4.57. The minimum absolute atomic E-state index is 0.00958. The lowest BCUT2D eigenvalue weighted by atomic mass is 9.92. The Morgan fingerprint density at radius 3 is 2.42 bits per heavy atom. The number of nitrogens with zero attached hydrogens (tertiary/aromatic N) is 1. The fourth-order valence-corrected chi connectivity index (χ4v) is 3.36. The highest BCUT2D eigenvalue weighted by molar-refractivity contribution is 5.94. The van der Waals surface area contributed by atoms with E-state index in [1.807, 2.05) is 27.7 Å². The maximum absolute atomic E-state index is 11.5. The largest absolute Gasteiger partial charge is 0.489 e. The summed E-state index contributed by atoms with van der Waals surface area (Å²) in [5, 5.41) is 3.28. The molecule has 0 unspecified atom stereocenters. The highest BCUT2D eigenvalue weighted by atomic mass is 16.5. The van der Waals surface area contributed by atoms with Gasteiger partial charge in [-0.25, -0.2) is 0 Å². The van der Waals surface area contributed by atoms with Crippen LogP contribution in [-0.4, -0.2) is 11.4 Å². The quantitative estimate of drug-likeness (QED) is 0.547. The SMILES string of the molecule is CC(=O)c1ccc(OCc2c3c(c(C)c(C)c2N=O)OC(C)(C)C3)cc1. The van der Waals surface area contributed by atoms with E-state index in [0.717, 1.165) is 28.0 Å². The summed E-state index contributed by atoms with van der Waals surface area (Å²) >= 11 is 0. The molecule has 0 aliphatic carbocycles. The minimum atomic E-state index is -0.321. The molecule has 2 aromatic rings. The van der Waals surface area contributed by atoms with E-state index in [1.54, 1.807) is 24.3 Å². The van der Waals surface area contributed by atoms with Crippen molar-refractivity contribution in [2.24, 2.45) is 5.18 Å². The number of fused-ring (bicyclic) bond motifs is 1. The zero-order valence-corrected chi connectivity index (χ0v) is 15.8. The van der Waals surface area contributed by atoms with Crippen LogP contribution in [0, 0.1) is 18.8 Å². The number of ether oxygens (including phenoxy) is 2. The maximum atomic E-state index is 11.5. The molecule has 0 aromatic heterocycles. The fourth-order valence-electron chi connectivity index (χ4n) is 3.36. The third-order valence-corrected chi connectivity index (χ3v) is 4.90. The van der Waals surface area contributed by atoms with Crippen LogP contribution in [0.1, 0.15) is 53.4 Å². The molecule has 1 aliphatic rings. The molecule has 26 heavy (non-hydrogen) atoms. The first-order valence-corrected chi connectivity index (χ1v) is 8.64. The first kappa shape index (κ1) is 18.1. The Bertz CT molecular complexity index is 882. The molecule has 0 spiro atoms. The molecule has 0 saturated carbocycles. The first-order valence-electron chi connectivity index (χ1n) is 8.64. The molecule has 136 valence electrons. The smallest absolute Gasteiger partial charge is 0.159 e. The second-order valence-corrected chi connectivity index (χ2v) is 7.38. The maximum Gasteiger partial charge on any atom is 0.159 e. The monoisotopic (exact) mass is 353 g/mol. The van der Waals surface area contributed by atoms with E-state index in [-0.39, 0.29) is 18.0 Å². The summed E-state index contributed by atoms with van der Waals surface area (Å²) in [5.74, 6) is 1.48. The van der Waals surface area contributed by atoms with Gasteiger partial charge in [-0.3, -0.25) is 4.79 Å². The molecule has 5 heteroatoms. The Labute approximate surface area is 153 Å².